The number of hydrogen-bond donors (Lipinski definition) is 2. The number of amidine groups is 1. The van der Waals surface area contributed by atoms with Crippen LogP contribution >= 0.6 is 0 Å². The highest BCUT2D eigenvalue weighted by Gasteiger charge is 2.16. The van der Waals surface area contributed by atoms with Crippen molar-refractivity contribution in [3.8, 4) is 0 Å². The summed E-state index contributed by atoms with van der Waals surface area (Å²) in [6.07, 6.45) is 3.42. The first-order valence-corrected chi connectivity index (χ1v) is 8.89. The number of fused-ring (bicyclic) bond motifs is 1. The Morgan fingerprint density at radius 1 is 1.15 bits per heavy atom. The molecule has 6 nitrogen and oxygen atoms in total. The van der Waals surface area contributed by atoms with Gasteiger partial charge >= 0.3 is 0 Å². The molecule has 2 heterocycles. The molecular weight excluding hydrogens is 340 g/mol. The molecule has 27 heavy (non-hydrogen) atoms. The van der Waals surface area contributed by atoms with Crippen LogP contribution in [0.2, 0.25) is 0 Å². The Morgan fingerprint density at radius 3 is 2.74 bits per heavy atom. The molecule has 1 atom stereocenters. The second kappa shape index (κ2) is 7.45. The molecule has 0 unspecified atom stereocenters. The zero-order valence-electron chi connectivity index (χ0n) is 14.8. The first-order valence-electron chi connectivity index (χ1n) is 8.89. The molecule has 0 saturated heterocycles. The van der Waals surface area contributed by atoms with E-state index in [9.17, 15) is 4.79 Å². The average molecular weight is 360 g/mol. The topological polar surface area (TPSA) is 89.6 Å². The quantitative estimate of drug-likeness (QED) is 0.731. The molecule has 0 saturated carbocycles. The summed E-state index contributed by atoms with van der Waals surface area (Å²) < 4.78 is 5.16. The number of amides is 1. The van der Waals surface area contributed by atoms with Gasteiger partial charge in [0.2, 0.25) is 0 Å². The number of aryl methyl sites for hydroxylation is 1. The Bertz CT molecular complexity index is 993. The number of nitrogens with one attached hydrogen (secondary N) is 1. The van der Waals surface area contributed by atoms with Gasteiger partial charge in [-0.05, 0) is 42.0 Å². The minimum Gasteiger partial charge on any atom is -0.463 e. The molecule has 1 aromatic heterocycles. The van der Waals surface area contributed by atoms with E-state index in [4.69, 9.17) is 10.5 Å². The number of anilines is 1. The number of carbonyl (C=O) groups excluding carboxylic acids is 1. The zero-order chi connectivity index (χ0) is 18.6. The maximum absolute atomic E-state index is 12.6. The van der Waals surface area contributed by atoms with Crippen LogP contribution in [0, 0.1) is 0 Å². The predicted octanol–water partition coefficient (Wildman–Crippen LogP) is 3.13. The fourth-order valence-electron chi connectivity index (χ4n) is 3.16. The van der Waals surface area contributed by atoms with Crippen molar-refractivity contribution in [2.24, 2.45) is 10.7 Å². The van der Waals surface area contributed by atoms with Crippen molar-refractivity contribution in [1.82, 2.24) is 4.98 Å². The molecule has 0 fully saturated rings. The number of nitrogens with two attached hydrogens (primary N) is 1. The summed E-state index contributed by atoms with van der Waals surface area (Å²) in [7, 11) is 0. The third kappa shape index (κ3) is 3.89. The number of hydrogen-bond acceptors (Lipinski definition) is 5. The van der Waals surface area contributed by atoms with Crippen LogP contribution in [0.25, 0.3) is 10.8 Å². The van der Waals surface area contributed by atoms with E-state index in [0.717, 1.165) is 29.3 Å². The Morgan fingerprint density at radius 2 is 1.96 bits per heavy atom. The molecule has 6 heteroatoms. The number of rotatable bonds is 5. The van der Waals surface area contributed by atoms with Crippen LogP contribution in [-0.4, -0.2) is 29.6 Å². The van der Waals surface area contributed by atoms with Gasteiger partial charge in [-0.25, -0.2) is 4.99 Å². The first-order chi connectivity index (χ1) is 13.2. The van der Waals surface area contributed by atoms with Crippen LogP contribution in [-0.2, 0) is 11.2 Å². The monoisotopic (exact) mass is 360 g/mol. The molecule has 2 aromatic carbocycles. The number of aliphatic imine (C=N–C) groups is 1. The number of ether oxygens (including phenoxy) is 1. The molecule has 3 N–H and O–H groups in total. The Balaban J connectivity index is 1.41. The van der Waals surface area contributed by atoms with Gasteiger partial charge in [-0.15, -0.1) is 0 Å². The molecule has 3 aromatic rings. The molecule has 136 valence electrons. The average Bonchev–Trinajstić information content (AvgIpc) is 3.12. The summed E-state index contributed by atoms with van der Waals surface area (Å²) in [5, 5.41) is 4.75. The molecule has 0 spiro atoms. The first kappa shape index (κ1) is 17.0. The number of nitrogens with zero attached hydrogens (tertiary/aromatic N) is 2. The lowest BCUT2D eigenvalue weighted by Crippen LogP contribution is -2.14. The van der Waals surface area contributed by atoms with Crippen LogP contribution in [0.4, 0.5) is 5.69 Å². The lowest BCUT2D eigenvalue weighted by Gasteiger charge is -2.09. The van der Waals surface area contributed by atoms with Crippen LogP contribution in [0.3, 0.4) is 0 Å². The summed E-state index contributed by atoms with van der Waals surface area (Å²) in [6.45, 7) is 0.554. The van der Waals surface area contributed by atoms with Crippen molar-refractivity contribution in [2.45, 2.75) is 18.9 Å². The maximum Gasteiger partial charge on any atom is 0.282 e. The van der Waals surface area contributed by atoms with Crippen LogP contribution in [0.1, 0.15) is 22.5 Å². The Hall–Kier alpha value is -3.41. The molecule has 1 aliphatic heterocycles. The summed E-state index contributed by atoms with van der Waals surface area (Å²) in [5.41, 5.74) is 7.87. The van der Waals surface area contributed by atoms with Crippen molar-refractivity contribution in [2.75, 3.05) is 11.9 Å². The van der Waals surface area contributed by atoms with Gasteiger partial charge in [-0.3, -0.25) is 9.78 Å². The van der Waals surface area contributed by atoms with E-state index in [0.29, 0.717) is 12.3 Å². The van der Waals surface area contributed by atoms with Gasteiger partial charge in [0.15, 0.2) is 0 Å². The van der Waals surface area contributed by atoms with E-state index in [-0.39, 0.29) is 18.0 Å². The Labute approximate surface area is 157 Å². The Kier molecular flexibility index (Phi) is 4.70. The summed E-state index contributed by atoms with van der Waals surface area (Å²) in [4.78, 5) is 21.1. The lowest BCUT2D eigenvalue weighted by atomic mass is 10.1. The van der Waals surface area contributed by atoms with E-state index in [1.807, 2.05) is 54.6 Å². The SMILES string of the molecule is NC1=N[C@@H](CCc2ccc(NC(=O)c3nccc4ccccc34)cc2)CO1. The molecule has 0 radical (unpaired) electrons. The van der Waals surface area contributed by atoms with Crippen molar-refractivity contribution in [1.29, 1.82) is 0 Å². The smallest absolute Gasteiger partial charge is 0.282 e. The van der Waals surface area contributed by atoms with E-state index >= 15 is 0 Å². The minimum atomic E-state index is -0.215. The number of carbonyl (C=O) groups is 1. The second-order valence-corrected chi connectivity index (χ2v) is 6.50. The van der Waals surface area contributed by atoms with Crippen molar-refractivity contribution >= 4 is 28.4 Å². The number of pyridine rings is 1. The van der Waals surface area contributed by atoms with Gasteiger partial charge in [0.1, 0.15) is 12.3 Å². The molecule has 1 aliphatic rings. The minimum absolute atomic E-state index is 0.127. The van der Waals surface area contributed by atoms with E-state index in [1.54, 1.807) is 6.20 Å². The predicted molar refractivity (Wildman–Crippen MR) is 106 cm³/mol. The van der Waals surface area contributed by atoms with E-state index in [1.165, 1.54) is 5.56 Å². The van der Waals surface area contributed by atoms with Gasteiger partial charge in [0.25, 0.3) is 11.9 Å². The van der Waals surface area contributed by atoms with Gasteiger partial charge in [0.05, 0.1) is 6.04 Å². The fraction of sp³-hybridized carbons (Fsp3) is 0.190. The molecule has 0 bridgehead atoms. The summed E-state index contributed by atoms with van der Waals surface area (Å²) in [5.74, 6) is -0.215. The highest BCUT2D eigenvalue weighted by Crippen LogP contribution is 2.19. The van der Waals surface area contributed by atoms with E-state index < -0.39 is 0 Å². The highest BCUT2D eigenvalue weighted by molar-refractivity contribution is 6.11. The molecule has 0 aliphatic carbocycles. The fourth-order valence-corrected chi connectivity index (χ4v) is 3.16. The maximum atomic E-state index is 12.6. The molecule has 4 rings (SSSR count). The largest absolute Gasteiger partial charge is 0.463 e. The third-order valence-corrected chi connectivity index (χ3v) is 4.60. The summed E-state index contributed by atoms with van der Waals surface area (Å²) in [6, 6.07) is 17.8. The van der Waals surface area contributed by atoms with Gasteiger partial charge < -0.3 is 15.8 Å². The van der Waals surface area contributed by atoms with Crippen molar-refractivity contribution in [3.63, 3.8) is 0 Å². The standard InChI is InChI=1S/C21H20N4O2/c22-21-25-17(13-27-21)10-7-14-5-8-16(9-6-14)24-20(26)19-18-4-2-1-3-15(18)11-12-23-19/h1-6,8-9,11-12,17H,7,10,13H2,(H2,22,25)(H,24,26)/t17-/m0/s1. The van der Waals surface area contributed by atoms with Crippen molar-refractivity contribution in [3.05, 3.63) is 72.1 Å². The number of benzene rings is 2. The third-order valence-electron chi connectivity index (χ3n) is 4.60. The van der Waals surface area contributed by atoms with E-state index in [2.05, 4.69) is 15.3 Å². The van der Waals surface area contributed by atoms with Crippen LogP contribution in [0.5, 0.6) is 0 Å². The van der Waals surface area contributed by atoms with Gasteiger partial charge in [0, 0.05) is 17.3 Å². The van der Waals surface area contributed by atoms with Gasteiger partial charge in [-0.1, -0.05) is 36.4 Å². The van der Waals surface area contributed by atoms with Gasteiger partial charge in [-0.2, -0.15) is 0 Å². The van der Waals surface area contributed by atoms with Crippen LogP contribution < -0.4 is 11.1 Å². The highest BCUT2D eigenvalue weighted by atomic mass is 16.5. The van der Waals surface area contributed by atoms with Crippen molar-refractivity contribution < 1.29 is 9.53 Å². The lowest BCUT2D eigenvalue weighted by molar-refractivity contribution is 0.102. The zero-order valence-corrected chi connectivity index (χ0v) is 14.8. The molecule has 1 amide bonds. The summed E-state index contributed by atoms with van der Waals surface area (Å²) >= 11 is 0. The second-order valence-electron chi connectivity index (χ2n) is 6.50. The van der Waals surface area contributed by atoms with Crippen LogP contribution in [0.15, 0.2) is 65.8 Å². The molecular formula is C21H20N4O2. The number of aromatic nitrogens is 1. The normalized spacial score (nSPS) is 16.0.